The summed E-state index contributed by atoms with van der Waals surface area (Å²) in [5.41, 5.74) is 5.15. The molecule has 0 aromatic carbocycles. The summed E-state index contributed by atoms with van der Waals surface area (Å²) >= 11 is 0. The van der Waals surface area contributed by atoms with Gasteiger partial charge in [-0.15, -0.1) is 0 Å². The molecule has 0 radical (unpaired) electrons. The van der Waals surface area contributed by atoms with Crippen LogP contribution in [0.15, 0.2) is 0 Å². The summed E-state index contributed by atoms with van der Waals surface area (Å²) in [6.45, 7) is 1.43. The molecule has 0 aromatic rings. The monoisotopic (exact) mass is 231 g/mol. The van der Waals surface area contributed by atoms with E-state index in [9.17, 15) is 4.79 Å². The van der Waals surface area contributed by atoms with Crippen LogP contribution in [0.5, 0.6) is 0 Å². The zero-order valence-corrected chi connectivity index (χ0v) is 8.43. The Morgan fingerprint density at radius 2 is 1.71 bits per heavy atom. The van der Waals surface area contributed by atoms with Crippen LogP contribution in [0.3, 0.4) is 0 Å². The fraction of sp³-hybridized carbons (Fsp3) is 0.800. The van der Waals surface area contributed by atoms with Crippen LogP contribution in [0, 0.1) is 0 Å². The van der Waals surface area contributed by atoms with Crippen molar-refractivity contribution in [2.75, 3.05) is 7.11 Å². The SMILES string of the molecule is COC(=O)[C@@H](N)[C@@H](C)O.O=S(=O)(O)O. The number of aliphatic hydroxyl groups is 1. The Kier molecular flexibility index (Phi) is 7.50. The number of carbonyl (C=O) groups excluding carboxylic acids is 1. The van der Waals surface area contributed by atoms with Gasteiger partial charge in [0.15, 0.2) is 0 Å². The zero-order chi connectivity index (χ0) is 11.9. The molecule has 0 aliphatic rings. The Balaban J connectivity index is 0. The van der Waals surface area contributed by atoms with Gasteiger partial charge in [-0.1, -0.05) is 0 Å². The van der Waals surface area contributed by atoms with E-state index in [1.54, 1.807) is 0 Å². The maximum atomic E-state index is 10.4. The molecule has 0 bridgehead atoms. The Hall–Kier alpha value is -0.740. The number of rotatable bonds is 2. The lowest BCUT2D eigenvalue weighted by molar-refractivity contribution is -0.144. The van der Waals surface area contributed by atoms with Crippen LogP contribution in [0.4, 0.5) is 0 Å². The molecule has 0 rings (SSSR count). The first-order chi connectivity index (χ1) is 6.09. The van der Waals surface area contributed by atoms with Gasteiger partial charge in [-0.25, -0.2) is 0 Å². The molecule has 2 atom stereocenters. The molecule has 0 aliphatic heterocycles. The first kappa shape index (κ1) is 15.7. The Morgan fingerprint density at radius 3 is 1.79 bits per heavy atom. The van der Waals surface area contributed by atoms with Gasteiger partial charge in [0.25, 0.3) is 0 Å². The van der Waals surface area contributed by atoms with E-state index in [0.717, 1.165) is 0 Å². The average molecular weight is 231 g/mol. The summed E-state index contributed by atoms with van der Waals surface area (Å²) in [5.74, 6) is -0.593. The van der Waals surface area contributed by atoms with E-state index in [0.29, 0.717) is 0 Å². The van der Waals surface area contributed by atoms with E-state index in [2.05, 4.69) is 4.74 Å². The van der Waals surface area contributed by atoms with Gasteiger partial charge >= 0.3 is 16.4 Å². The number of hydrogen-bond donors (Lipinski definition) is 4. The molecule has 0 saturated heterocycles. The van der Waals surface area contributed by atoms with Crippen molar-refractivity contribution in [2.45, 2.75) is 19.1 Å². The third kappa shape index (κ3) is 13.8. The fourth-order valence-electron chi connectivity index (χ4n) is 0.333. The van der Waals surface area contributed by atoms with Gasteiger partial charge in [0.05, 0.1) is 13.2 Å². The second kappa shape index (κ2) is 6.68. The van der Waals surface area contributed by atoms with E-state index in [1.165, 1.54) is 14.0 Å². The lowest BCUT2D eigenvalue weighted by Gasteiger charge is -2.10. The largest absolute Gasteiger partial charge is 0.468 e. The second-order valence-electron chi connectivity index (χ2n) is 2.24. The second-order valence-corrected chi connectivity index (χ2v) is 3.13. The van der Waals surface area contributed by atoms with E-state index in [1.807, 2.05) is 0 Å². The van der Waals surface area contributed by atoms with Crippen molar-refractivity contribution in [3.05, 3.63) is 0 Å². The fourth-order valence-corrected chi connectivity index (χ4v) is 0.333. The number of ether oxygens (including phenoxy) is 1. The van der Waals surface area contributed by atoms with Crippen molar-refractivity contribution >= 4 is 16.4 Å². The summed E-state index contributed by atoms with van der Waals surface area (Å²) < 4.78 is 35.8. The van der Waals surface area contributed by atoms with Crippen molar-refractivity contribution in [3.8, 4) is 0 Å². The highest BCUT2D eigenvalue weighted by molar-refractivity contribution is 7.79. The van der Waals surface area contributed by atoms with Gasteiger partial charge in [0.2, 0.25) is 0 Å². The Labute approximate surface area is 81.2 Å². The van der Waals surface area contributed by atoms with Crippen LogP contribution < -0.4 is 5.73 Å². The summed E-state index contributed by atoms with van der Waals surface area (Å²) in [5, 5.41) is 8.70. The molecule has 0 spiro atoms. The molecule has 0 saturated carbocycles. The van der Waals surface area contributed by atoms with Crippen molar-refractivity contribution < 1.29 is 32.2 Å². The van der Waals surface area contributed by atoms with Gasteiger partial charge in [-0.3, -0.25) is 13.9 Å². The predicted molar refractivity (Wildman–Crippen MR) is 45.8 cm³/mol. The number of nitrogens with two attached hydrogens (primary N) is 1. The molecule has 5 N–H and O–H groups in total. The average Bonchev–Trinajstić information content (AvgIpc) is 1.98. The molecule has 0 aromatic heterocycles. The van der Waals surface area contributed by atoms with Crippen LogP contribution in [-0.4, -0.2) is 47.9 Å². The minimum absolute atomic E-state index is 0.593. The summed E-state index contributed by atoms with van der Waals surface area (Å²) in [6.07, 6.45) is -0.850. The number of carbonyl (C=O) groups is 1. The molecule has 0 heterocycles. The minimum Gasteiger partial charge on any atom is -0.468 e. The quantitative estimate of drug-likeness (QED) is 0.322. The molecular formula is C5H13NO7S. The normalized spacial score (nSPS) is 14.7. The highest BCUT2D eigenvalue weighted by Gasteiger charge is 2.18. The van der Waals surface area contributed by atoms with Gasteiger partial charge in [-0.05, 0) is 6.92 Å². The van der Waals surface area contributed by atoms with Gasteiger partial charge in [0.1, 0.15) is 6.04 Å². The molecule has 0 aliphatic carbocycles. The molecule has 8 nitrogen and oxygen atoms in total. The van der Waals surface area contributed by atoms with Crippen LogP contribution in [0.2, 0.25) is 0 Å². The molecule has 9 heteroatoms. The van der Waals surface area contributed by atoms with Gasteiger partial charge in [-0.2, -0.15) is 8.42 Å². The Morgan fingerprint density at radius 1 is 1.43 bits per heavy atom. The third-order valence-corrected chi connectivity index (χ3v) is 0.993. The third-order valence-electron chi connectivity index (χ3n) is 0.993. The highest BCUT2D eigenvalue weighted by Crippen LogP contribution is 1.89. The molecule has 14 heavy (non-hydrogen) atoms. The minimum atomic E-state index is -4.67. The number of hydrogen-bond acceptors (Lipinski definition) is 6. The molecule has 0 fully saturated rings. The zero-order valence-electron chi connectivity index (χ0n) is 7.61. The van der Waals surface area contributed by atoms with Crippen LogP contribution in [0.25, 0.3) is 0 Å². The maximum absolute atomic E-state index is 10.4. The lowest BCUT2D eigenvalue weighted by atomic mass is 10.2. The van der Waals surface area contributed by atoms with Gasteiger partial charge in [0, 0.05) is 0 Å². The summed E-state index contributed by atoms with van der Waals surface area (Å²) in [6, 6.07) is -0.921. The van der Waals surface area contributed by atoms with E-state index < -0.39 is 28.5 Å². The predicted octanol–water partition coefficient (Wildman–Crippen LogP) is -1.79. The lowest BCUT2D eigenvalue weighted by Crippen LogP contribution is -2.40. The number of aliphatic hydroxyl groups excluding tert-OH is 1. The summed E-state index contributed by atoms with van der Waals surface area (Å²) in [4.78, 5) is 10.4. The first-order valence-corrected chi connectivity index (χ1v) is 4.70. The smallest absolute Gasteiger partial charge is 0.394 e. The van der Waals surface area contributed by atoms with Crippen molar-refractivity contribution in [2.24, 2.45) is 5.73 Å². The first-order valence-electron chi connectivity index (χ1n) is 3.31. The Bertz CT molecular complexity index is 251. The van der Waals surface area contributed by atoms with Crippen LogP contribution in [0.1, 0.15) is 6.92 Å². The van der Waals surface area contributed by atoms with Crippen molar-refractivity contribution in [1.29, 1.82) is 0 Å². The van der Waals surface area contributed by atoms with Crippen LogP contribution in [-0.2, 0) is 19.9 Å². The van der Waals surface area contributed by atoms with E-state index in [4.69, 9.17) is 28.4 Å². The van der Waals surface area contributed by atoms with Crippen molar-refractivity contribution in [1.82, 2.24) is 0 Å². The highest BCUT2D eigenvalue weighted by atomic mass is 32.3. The maximum Gasteiger partial charge on any atom is 0.394 e. The molecule has 0 unspecified atom stereocenters. The van der Waals surface area contributed by atoms with Crippen LogP contribution >= 0.6 is 0 Å². The number of esters is 1. The molecule has 86 valence electrons. The van der Waals surface area contributed by atoms with E-state index in [-0.39, 0.29) is 0 Å². The molecule has 0 amide bonds. The summed E-state index contributed by atoms with van der Waals surface area (Å²) in [7, 11) is -3.44. The molecular weight excluding hydrogens is 218 g/mol. The standard InChI is InChI=1S/C5H11NO3.H2O4S/c1-3(7)4(6)5(8)9-2;1-5(2,3)4/h3-4,7H,6H2,1-2H3;(H2,1,2,3,4)/t3-,4+;/m1./s1. The number of methoxy groups -OCH3 is 1. The van der Waals surface area contributed by atoms with Crippen molar-refractivity contribution in [3.63, 3.8) is 0 Å². The topological polar surface area (TPSA) is 147 Å². The van der Waals surface area contributed by atoms with E-state index >= 15 is 0 Å². The van der Waals surface area contributed by atoms with Gasteiger partial charge < -0.3 is 15.6 Å².